The van der Waals surface area contributed by atoms with Crippen LogP contribution in [0.3, 0.4) is 0 Å². The first-order valence-corrected chi connectivity index (χ1v) is 8.37. The van der Waals surface area contributed by atoms with Crippen LogP contribution in [0.5, 0.6) is 0 Å². The summed E-state index contributed by atoms with van der Waals surface area (Å²) in [5.74, 6) is 0. The van der Waals surface area contributed by atoms with Crippen LogP contribution in [0.2, 0.25) is 5.02 Å². The highest BCUT2D eigenvalue weighted by Crippen LogP contribution is 2.37. The second-order valence-electron chi connectivity index (χ2n) is 5.76. The molecule has 0 bridgehead atoms. The average molecular weight is 407 g/mol. The lowest BCUT2D eigenvalue weighted by Gasteiger charge is -2.23. The Hall–Kier alpha value is -3.26. The van der Waals surface area contributed by atoms with E-state index in [-0.39, 0.29) is 5.69 Å². The van der Waals surface area contributed by atoms with E-state index in [1.54, 1.807) is 36.7 Å². The number of alkyl halides is 3. The van der Waals surface area contributed by atoms with Gasteiger partial charge in [0.15, 0.2) is 0 Å². The molecule has 144 valence electrons. The zero-order valence-corrected chi connectivity index (χ0v) is 15.0. The van der Waals surface area contributed by atoms with E-state index >= 15 is 0 Å². The highest BCUT2D eigenvalue weighted by atomic mass is 35.5. The lowest BCUT2D eigenvalue weighted by atomic mass is 10.1. The molecule has 0 saturated heterocycles. The molecule has 0 aliphatic heterocycles. The highest BCUT2D eigenvalue weighted by Gasteiger charge is 2.34. The van der Waals surface area contributed by atoms with Crippen LogP contribution in [0.25, 0.3) is 11.1 Å². The van der Waals surface area contributed by atoms with Gasteiger partial charge in [0.25, 0.3) is 0 Å². The van der Waals surface area contributed by atoms with Crippen LogP contribution in [0.1, 0.15) is 5.56 Å². The number of rotatable bonds is 4. The van der Waals surface area contributed by atoms with E-state index in [0.29, 0.717) is 5.69 Å². The summed E-state index contributed by atoms with van der Waals surface area (Å²) in [6, 6.07) is 12.7. The summed E-state index contributed by atoms with van der Waals surface area (Å²) in [6.07, 6.45) is -1.34. The van der Waals surface area contributed by atoms with Crippen LogP contribution in [-0.4, -0.2) is 11.0 Å². The molecule has 0 aliphatic rings. The number of nitrogens with one attached hydrogen (secondary N) is 1. The number of primary amides is 1. The number of anilines is 2. The number of aromatic nitrogens is 1. The van der Waals surface area contributed by atoms with Gasteiger partial charge in [-0.05, 0) is 53.6 Å². The predicted octanol–water partition coefficient (Wildman–Crippen LogP) is 5.33. The van der Waals surface area contributed by atoms with Gasteiger partial charge in [-0.1, -0.05) is 23.7 Å². The maximum Gasteiger partial charge on any atom is 0.417 e. The zero-order valence-electron chi connectivity index (χ0n) is 14.2. The third-order valence-corrected chi connectivity index (χ3v) is 4.20. The Labute approximate surface area is 163 Å². The Morgan fingerprint density at radius 1 is 1.00 bits per heavy atom. The van der Waals surface area contributed by atoms with Gasteiger partial charge in [0, 0.05) is 12.4 Å². The summed E-state index contributed by atoms with van der Waals surface area (Å²) in [6.45, 7) is 0. The molecule has 0 spiro atoms. The van der Waals surface area contributed by atoms with Gasteiger partial charge in [-0.3, -0.25) is 10.4 Å². The van der Waals surface area contributed by atoms with Crippen molar-refractivity contribution in [1.29, 1.82) is 0 Å². The van der Waals surface area contributed by atoms with Crippen LogP contribution in [-0.2, 0) is 6.18 Å². The highest BCUT2D eigenvalue weighted by molar-refractivity contribution is 6.31. The van der Waals surface area contributed by atoms with Crippen LogP contribution in [0, 0.1) is 0 Å². The summed E-state index contributed by atoms with van der Waals surface area (Å²) >= 11 is 5.62. The number of amides is 2. The van der Waals surface area contributed by atoms with Gasteiger partial charge in [0.2, 0.25) is 0 Å². The third-order valence-electron chi connectivity index (χ3n) is 3.87. The smallest absolute Gasteiger partial charge is 0.350 e. The van der Waals surface area contributed by atoms with E-state index in [1.165, 1.54) is 6.07 Å². The Kier molecular flexibility index (Phi) is 5.41. The molecular formula is C19H14ClF3N4O. The fraction of sp³-hybridized carbons (Fsp3) is 0.0526. The molecule has 0 unspecified atom stereocenters. The molecule has 2 aromatic carbocycles. The van der Waals surface area contributed by atoms with Crippen molar-refractivity contribution in [3.63, 3.8) is 0 Å². The molecule has 1 heterocycles. The van der Waals surface area contributed by atoms with Gasteiger partial charge in [-0.2, -0.15) is 13.2 Å². The molecule has 0 atom stereocenters. The van der Waals surface area contributed by atoms with E-state index in [4.69, 9.17) is 17.3 Å². The number of carbonyl (C=O) groups is 1. The number of nitrogens with two attached hydrogens (primary N) is 1. The minimum absolute atomic E-state index is 0.0950. The van der Waals surface area contributed by atoms with Crippen LogP contribution < -0.4 is 16.2 Å². The summed E-state index contributed by atoms with van der Waals surface area (Å²) < 4.78 is 39.2. The van der Waals surface area contributed by atoms with Crippen molar-refractivity contribution in [2.24, 2.45) is 5.73 Å². The molecule has 0 aliphatic carbocycles. The van der Waals surface area contributed by atoms with Gasteiger partial charge in [0.1, 0.15) is 0 Å². The molecule has 0 saturated carbocycles. The van der Waals surface area contributed by atoms with E-state index in [0.717, 1.165) is 28.3 Å². The topological polar surface area (TPSA) is 71.2 Å². The molecule has 0 radical (unpaired) electrons. The van der Waals surface area contributed by atoms with Crippen molar-refractivity contribution in [3.8, 4) is 11.1 Å². The monoisotopic (exact) mass is 406 g/mol. The van der Waals surface area contributed by atoms with Gasteiger partial charge in [0.05, 0.1) is 22.0 Å². The molecule has 3 N–H and O–H groups in total. The summed E-state index contributed by atoms with van der Waals surface area (Å²) in [5.41, 5.74) is 9.20. The van der Waals surface area contributed by atoms with Crippen molar-refractivity contribution in [3.05, 3.63) is 77.6 Å². The van der Waals surface area contributed by atoms with Crippen molar-refractivity contribution < 1.29 is 18.0 Å². The molecule has 9 heteroatoms. The second kappa shape index (κ2) is 7.77. The average Bonchev–Trinajstić information content (AvgIpc) is 2.67. The number of benzene rings is 2. The quantitative estimate of drug-likeness (QED) is 0.575. The van der Waals surface area contributed by atoms with Gasteiger partial charge >= 0.3 is 12.2 Å². The fourth-order valence-corrected chi connectivity index (χ4v) is 2.75. The number of pyridine rings is 1. The van der Waals surface area contributed by atoms with Crippen molar-refractivity contribution in [1.82, 2.24) is 4.98 Å². The predicted molar refractivity (Wildman–Crippen MR) is 102 cm³/mol. The lowest BCUT2D eigenvalue weighted by molar-refractivity contribution is -0.137. The summed E-state index contributed by atoms with van der Waals surface area (Å²) in [4.78, 5) is 15.8. The maximum atomic E-state index is 13.1. The molecular weight excluding hydrogens is 393 g/mol. The Morgan fingerprint density at radius 2 is 1.61 bits per heavy atom. The van der Waals surface area contributed by atoms with E-state index in [9.17, 15) is 18.0 Å². The molecule has 1 aromatic heterocycles. The standard InChI is InChI=1S/C19H14ClF3N4O/c20-17-6-5-15(11-16(17)19(21,22)23)27(18(24)28)26-14-3-1-12(2-4-14)13-7-9-25-10-8-13/h1-11,26H,(H2,24,28). The first kappa shape index (κ1) is 19.5. The fourth-order valence-electron chi connectivity index (χ4n) is 2.53. The number of halogens is 4. The zero-order chi connectivity index (χ0) is 20.3. The number of nitrogens with zero attached hydrogens (tertiary/aromatic N) is 2. The van der Waals surface area contributed by atoms with Crippen molar-refractivity contribution in [2.75, 3.05) is 10.4 Å². The minimum atomic E-state index is -4.66. The molecule has 5 nitrogen and oxygen atoms in total. The van der Waals surface area contributed by atoms with Crippen molar-refractivity contribution >= 4 is 29.0 Å². The normalized spacial score (nSPS) is 11.1. The molecule has 2 amide bonds. The minimum Gasteiger partial charge on any atom is -0.350 e. The molecule has 3 aromatic rings. The largest absolute Gasteiger partial charge is 0.417 e. The van der Waals surface area contributed by atoms with Crippen LogP contribution in [0.4, 0.5) is 29.3 Å². The molecule has 3 rings (SSSR count). The van der Waals surface area contributed by atoms with E-state index in [2.05, 4.69) is 10.4 Å². The van der Waals surface area contributed by atoms with Crippen LogP contribution in [0.15, 0.2) is 67.0 Å². The molecule has 28 heavy (non-hydrogen) atoms. The third kappa shape index (κ3) is 4.34. The van der Waals surface area contributed by atoms with E-state index in [1.807, 2.05) is 12.1 Å². The second-order valence-corrected chi connectivity index (χ2v) is 6.17. The number of carbonyl (C=O) groups excluding carboxylic acids is 1. The summed E-state index contributed by atoms with van der Waals surface area (Å²) in [7, 11) is 0. The van der Waals surface area contributed by atoms with Gasteiger partial charge < -0.3 is 5.73 Å². The SMILES string of the molecule is NC(=O)N(Nc1ccc(-c2ccncc2)cc1)c1ccc(Cl)c(C(F)(F)F)c1. The van der Waals surface area contributed by atoms with Gasteiger partial charge in [-0.15, -0.1) is 0 Å². The number of hydrogen-bond donors (Lipinski definition) is 2. The van der Waals surface area contributed by atoms with Crippen LogP contribution >= 0.6 is 11.6 Å². The number of urea groups is 1. The summed E-state index contributed by atoms with van der Waals surface area (Å²) in [5, 5.41) is 0.342. The van der Waals surface area contributed by atoms with Crippen molar-refractivity contribution in [2.45, 2.75) is 6.18 Å². The Bertz CT molecular complexity index is 979. The first-order chi connectivity index (χ1) is 13.3. The number of hydrogen-bond acceptors (Lipinski definition) is 3. The number of hydrazine groups is 1. The first-order valence-electron chi connectivity index (χ1n) is 7.99. The maximum absolute atomic E-state index is 13.1. The lowest BCUT2D eigenvalue weighted by Crippen LogP contribution is -2.40. The Morgan fingerprint density at radius 3 is 2.18 bits per heavy atom. The van der Waals surface area contributed by atoms with Gasteiger partial charge in [-0.25, -0.2) is 9.80 Å². The molecule has 0 fully saturated rings. The Balaban J connectivity index is 1.87. The van der Waals surface area contributed by atoms with E-state index < -0.39 is 22.8 Å².